The van der Waals surface area contributed by atoms with Crippen molar-refractivity contribution in [1.29, 1.82) is 0 Å². The average molecular weight is 255 g/mol. The molecule has 7 heteroatoms. The number of carbonyl (C=O) groups excluding carboxylic acids is 1. The van der Waals surface area contributed by atoms with Gasteiger partial charge in [0.15, 0.2) is 5.69 Å². The van der Waals surface area contributed by atoms with Crippen LogP contribution in [0, 0.1) is 6.92 Å². The van der Waals surface area contributed by atoms with Crippen molar-refractivity contribution in [3.63, 3.8) is 0 Å². The average Bonchev–Trinajstić information content (AvgIpc) is 2.83. The van der Waals surface area contributed by atoms with E-state index in [-0.39, 0.29) is 5.69 Å². The van der Waals surface area contributed by atoms with Crippen molar-refractivity contribution in [2.24, 2.45) is 0 Å². The summed E-state index contributed by atoms with van der Waals surface area (Å²) in [6, 6.07) is 0. The molecule has 0 aliphatic heterocycles. The van der Waals surface area contributed by atoms with Crippen LogP contribution in [0.1, 0.15) is 15.5 Å². The minimum atomic E-state index is -0.521. The highest BCUT2D eigenvalue weighted by Crippen LogP contribution is 2.30. The first-order valence-corrected chi connectivity index (χ1v) is 6.08. The fourth-order valence-corrected chi connectivity index (χ4v) is 2.60. The number of carbonyl (C=O) groups is 1. The summed E-state index contributed by atoms with van der Waals surface area (Å²) < 4.78 is 4.58. The van der Waals surface area contributed by atoms with Crippen LogP contribution < -0.4 is 5.73 Å². The maximum Gasteiger partial charge on any atom is 0.359 e. The minimum absolute atomic E-state index is 0.160. The zero-order valence-electron chi connectivity index (χ0n) is 8.68. The minimum Gasteiger partial charge on any atom is -0.464 e. The number of esters is 1. The first-order chi connectivity index (χ1) is 7.61. The summed E-state index contributed by atoms with van der Waals surface area (Å²) in [4.78, 5) is 19.7. The Kier molecular flexibility index (Phi) is 2.88. The summed E-state index contributed by atoms with van der Waals surface area (Å²) in [5.41, 5.74) is 6.60. The largest absolute Gasteiger partial charge is 0.464 e. The fourth-order valence-electron chi connectivity index (χ4n) is 1.15. The van der Waals surface area contributed by atoms with Gasteiger partial charge in [-0.1, -0.05) is 11.3 Å². The zero-order valence-corrected chi connectivity index (χ0v) is 10.3. The van der Waals surface area contributed by atoms with Crippen molar-refractivity contribution < 1.29 is 9.53 Å². The van der Waals surface area contributed by atoms with Crippen LogP contribution in [0.4, 0.5) is 5.00 Å². The van der Waals surface area contributed by atoms with Crippen molar-refractivity contribution >= 4 is 33.6 Å². The molecule has 0 bridgehead atoms. The van der Waals surface area contributed by atoms with Crippen molar-refractivity contribution in [2.75, 3.05) is 12.8 Å². The highest BCUT2D eigenvalue weighted by molar-refractivity contribution is 7.19. The van der Waals surface area contributed by atoms with E-state index in [9.17, 15) is 4.79 Å². The van der Waals surface area contributed by atoms with Crippen LogP contribution in [-0.4, -0.2) is 23.0 Å². The van der Waals surface area contributed by atoms with E-state index in [1.165, 1.54) is 29.8 Å². The predicted octanol–water partition coefficient (Wildman–Crippen LogP) is 1.94. The topological polar surface area (TPSA) is 78.1 Å². The Bertz CT molecular complexity index is 533. The second-order valence-electron chi connectivity index (χ2n) is 2.98. The number of hydrogen-bond donors (Lipinski definition) is 1. The van der Waals surface area contributed by atoms with Crippen LogP contribution in [0.25, 0.3) is 10.7 Å². The van der Waals surface area contributed by atoms with Crippen LogP contribution in [0.3, 0.4) is 0 Å². The molecule has 0 aliphatic rings. The van der Waals surface area contributed by atoms with Gasteiger partial charge in [0.05, 0.1) is 12.1 Å². The Morgan fingerprint density at radius 2 is 2.25 bits per heavy atom. The Labute approximate surface area is 99.9 Å². The molecule has 0 spiro atoms. The van der Waals surface area contributed by atoms with Crippen molar-refractivity contribution in [3.8, 4) is 10.7 Å². The van der Waals surface area contributed by atoms with Crippen molar-refractivity contribution in [1.82, 2.24) is 9.97 Å². The molecule has 0 aromatic carbocycles. The third kappa shape index (κ3) is 1.91. The highest BCUT2D eigenvalue weighted by Gasteiger charge is 2.18. The first kappa shape index (κ1) is 11.0. The number of aryl methyl sites for hydroxylation is 1. The Morgan fingerprint density at radius 3 is 2.81 bits per heavy atom. The Balaban J connectivity index is 2.41. The first-order valence-electron chi connectivity index (χ1n) is 4.39. The molecule has 0 atom stereocenters. The standard InChI is InChI=1S/C9H9N3O2S2/c1-4-11-5(3-15-4)8-12-6(7(10)16-8)9(13)14-2/h3H,10H2,1-2H3. The third-order valence-electron chi connectivity index (χ3n) is 1.87. The van der Waals surface area contributed by atoms with E-state index < -0.39 is 5.97 Å². The summed E-state index contributed by atoms with van der Waals surface area (Å²) in [7, 11) is 1.30. The number of rotatable bonds is 2. The van der Waals surface area contributed by atoms with E-state index in [1.807, 2.05) is 12.3 Å². The van der Waals surface area contributed by atoms with E-state index in [4.69, 9.17) is 5.73 Å². The van der Waals surface area contributed by atoms with Crippen LogP contribution >= 0.6 is 22.7 Å². The van der Waals surface area contributed by atoms with E-state index >= 15 is 0 Å². The molecule has 0 aliphatic carbocycles. The molecule has 0 saturated carbocycles. The lowest BCUT2D eigenvalue weighted by Crippen LogP contribution is -2.04. The lowest BCUT2D eigenvalue weighted by atomic mass is 10.4. The maximum absolute atomic E-state index is 11.3. The number of nitrogens with zero attached hydrogens (tertiary/aromatic N) is 2. The molecular formula is C9H9N3O2S2. The van der Waals surface area contributed by atoms with Crippen LogP contribution in [0.2, 0.25) is 0 Å². The molecule has 84 valence electrons. The van der Waals surface area contributed by atoms with E-state index in [1.54, 1.807) is 0 Å². The Morgan fingerprint density at radius 1 is 1.50 bits per heavy atom. The highest BCUT2D eigenvalue weighted by atomic mass is 32.1. The molecule has 2 aromatic heterocycles. The third-order valence-corrected chi connectivity index (χ3v) is 3.55. The van der Waals surface area contributed by atoms with Crippen molar-refractivity contribution in [3.05, 3.63) is 16.1 Å². The smallest absolute Gasteiger partial charge is 0.359 e. The van der Waals surface area contributed by atoms with Gasteiger partial charge in [0, 0.05) is 5.38 Å². The van der Waals surface area contributed by atoms with Gasteiger partial charge in [0.1, 0.15) is 15.7 Å². The van der Waals surface area contributed by atoms with E-state index in [0.29, 0.717) is 10.0 Å². The van der Waals surface area contributed by atoms with Gasteiger partial charge in [-0.15, -0.1) is 11.3 Å². The maximum atomic E-state index is 11.3. The van der Waals surface area contributed by atoms with E-state index in [0.717, 1.165) is 10.7 Å². The number of ether oxygens (including phenoxy) is 1. The second-order valence-corrected chi connectivity index (χ2v) is 5.07. The molecule has 0 unspecified atom stereocenters. The molecule has 2 N–H and O–H groups in total. The number of hydrogen-bond acceptors (Lipinski definition) is 7. The molecule has 2 aromatic rings. The molecule has 0 radical (unpaired) electrons. The number of aromatic nitrogens is 2. The zero-order chi connectivity index (χ0) is 11.7. The summed E-state index contributed by atoms with van der Waals surface area (Å²) in [5, 5.41) is 3.83. The lowest BCUT2D eigenvalue weighted by molar-refractivity contribution is 0.0596. The lowest BCUT2D eigenvalue weighted by Gasteiger charge is -1.93. The number of methoxy groups -OCH3 is 1. The number of nitrogens with two attached hydrogens (primary N) is 1. The SMILES string of the molecule is COC(=O)c1nc(-c2csc(C)n2)sc1N. The predicted molar refractivity (Wildman–Crippen MR) is 63.7 cm³/mol. The molecule has 2 rings (SSSR count). The van der Waals surface area contributed by atoms with Gasteiger partial charge in [-0.3, -0.25) is 0 Å². The monoisotopic (exact) mass is 255 g/mol. The van der Waals surface area contributed by atoms with Gasteiger partial charge in [0.25, 0.3) is 0 Å². The van der Waals surface area contributed by atoms with Gasteiger partial charge in [-0.05, 0) is 6.92 Å². The summed E-state index contributed by atoms with van der Waals surface area (Å²) in [6.07, 6.45) is 0. The van der Waals surface area contributed by atoms with Gasteiger partial charge in [-0.25, -0.2) is 14.8 Å². The van der Waals surface area contributed by atoms with Gasteiger partial charge < -0.3 is 10.5 Å². The molecule has 16 heavy (non-hydrogen) atoms. The quantitative estimate of drug-likeness (QED) is 0.830. The molecule has 0 fully saturated rings. The molecule has 5 nitrogen and oxygen atoms in total. The van der Waals surface area contributed by atoms with Gasteiger partial charge >= 0.3 is 5.97 Å². The fraction of sp³-hybridized carbons (Fsp3) is 0.222. The Hall–Kier alpha value is -1.47. The van der Waals surface area contributed by atoms with Crippen LogP contribution in [0.5, 0.6) is 0 Å². The molecule has 2 heterocycles. The number of thiazole rings is 2. The van der Waals surface area contributed by atoms with Crippen LogP contribution in [-0.2, 0) is 4.74 Å². The molecule has 0 saturated heterocycles. The molecule has 0 amide bonds. The normalized spacial score (nSPS) is 10.4. The second kappa shape index (κ2) is 4.18. The number of anilines is 1. The van der Waals surface area contributed by atoms with Gasteiger partial charge in [0.2, 0.25) is 0 Å². The van der Waals surface area contributed by atoms with Gasteiger partial charge in [-0.2, -0.15) is 0 Å². The molecular weight excluding hydrogens is 246 g/mol. The summed E-state index contributed by atoms with van der Waals surface area (Å²) in [6.45, 7) is 1.91. The number of nitrogen functional groups attached to an aromatic ring is 1. The van der Waals surface area contributed by atoms with Crippen molar-refractivity contribution in [2.45, 2.75) is 6.92 Å². The summed E-state index contributed by atoms with van der Waals surface area (Å²) in [5.74, 6) is -0.521. The summed E-state index contributed by atoms with van der Waals surface area (Å²) >= 11 is 2.76. The van der Waals surface area contributed by atoms with E-state index in [2.05, 4.69) is 14.7 Å². The van der Waals surface area contributed by atoms with Crippen LogP contribution in [0.15, 0.2) is 5.38 Å².